The number of benzene rings is 1. The number of nitrogen functional groups attached to an aromatic ring is 1. The molecule has 2 nitrogen and oxygen atoms in total. The SMILES string of the molecule is Nc1ccc(Cl)c(COCC2CCCC2)c1. The largest absolute Gasteiger partial charge is 0.399 e. The lowest BCUT2D eigenvalue weighted by atomic mass is 10.1. The summed E-state index contributed by atoms with van der Waals surface area (Å²) in [5, 5.41) is 0.737. The topological polar surface area (TPSA) is 35.2 Å². The summed E-state index contributed by atoms with van der Waals surface area (Å²) >= 11 is 6.06. The number of rotatable bonds is 4. The zero-order valence-electron chi connectivity index (χ0n) is 9.42. The Kier molecular flexibility index (Phi) is 4.08. The molecule has 1 aromatic rings. The van der Waals surface area contributed by atoms with Crippen LogP contribution in [-0.4, -0.2) is 6.61 Å². The third kappa shape index (κ3) is 3.13. The Bertz CT molecular complexity index is 348. The molecule has 0 heterocycles. The van der Waals surface area contributed by atoms with Crippen LogP contribution in [0.5, 0.6) is 0 Å². The number of hydrogen-bond acceptors (Lipinski definition) is 2. The summed E-state index contributed by atoms with van der Waals surface area (Å²) in [5.74, 6) is 0.750. The smallest absolute Gasteiger partial charge is 0.0732 e. The molecule has 2 N–H and O–H groups in total. The summed E-state index contributed by atoms with van der Waals surface area (Å²) in [5.41, 5.74) is 7.43. The van der Waals surface area contributed by atoms with E-state index in [9.17, 15) is 0 Å². The molecule has 88 valence electrons. The number of hydrogen-bond donors (Lipinski definition) is 1. The van der Waals surface area contributed by atoms with E-state index >= 15 is 0 Å². The summed E-state index contributed by atoms with van der Waals surface area (Å²) in [4.78, 5) is 0. The molecule has 0 aromatic heterocycles. The van der Waals surface area contributed by atoms with Crippen molar-refractivity contribution in [3.8, 4) is 0 Å². The fourth-order valence-electron chi connectivity index (χ4n) is 2.22. The fraction of sp³-hybridized carbons (Fsp3) is 0.538. The Morgan fingerprint density at radius 2 is 2.06 bits per heavy atom. The minimum absolute atomic E-state index is 0.570. The van der Waals surface area contributed by atoms with E-state index in [1.54, 1.807) is 0 Å². The van der Waals surface area contributed by atoms with E-state index in [1.165, 1.54) is 25.7 Å². The van der Waals surface area contributed by atoms with E-state index < -0.39 is 0 Å². The molecule has 0 radical (unpaired) electrons. The van der Waals surface area contributed by atoms with Crippen LogP contribution in [0.25, 0.3) is 0 Å². The molecule has 1 aliphatic carbocycles. The molecule has 1 fully saturated rings. The van der Waals surface area contributed by atoms with E-state index in [1.807, 2.05) is 18.2 Å². The Balaban J connectivity index is 1.82. The summed E-state index contributed by atoms with van der Waals surface area (Å²) in [6.45, 7) is 1.42. The molecule has 0 bridgehead atoms. The average Bonchev–Trinajstić information content (AvgIpc) is 2.76. The Morgan fingerprint density at radius 3 is 2.81 bits per heavy atom. The minimum Gasteiger partial charge on any atom is -0.399 e. The maximum absolute atomic E-state index is 6.06. The summed E-state index contributed by atoms with van der Waals surface area (Å²) in [7, 11) is 0. The minimum atomic E-state index is 0.570. The molecular weight excluding hydrogens is 222 g/mol. The van der Waals surface area contributed by atoms with E-state index in [0.717, 1.165) is 28.8 Å². The van der Waals surface area contributed by atoms with Gasteiger partial charge in [-0.15, -0.1) is 0 Å². The van der Waals surface area contributed by atoms with Crippen molar-refractivity contribution in [2.75, 3.05) is 12.3 Å². The normalized spacial score (nSPS) is 16.8. The number of nitrogens with two attached hydrogens (primary N) is 1. The van der Waals surface area contributed by atoms with Crippen molar-refractivity contribution >= 4 is 17.3 Å². The lowest BCUT2D eigenvalue weighted by Crippen LogP contribution is -2.05. The monoisotopic (exact) mass is 239 g/mol. The Morgan fingerprint density at radius 1 is 1.31 bits per heavy atom. The Labute approximate surface area is 102 Å². The quantitative estimate of drug-likeness (QED) is 0.815. The van der Waals surface area contributed by atoms with Crippen molar-refractivity contribution in [3.63, 3.8) is 0 Å². The first kappa shape index (κ1) is 11.7. The predicted molar refractivity (Wildman–Crippen MR) is 67.5 cm³/mol. The van der Waals surface area contributed by atoms with E-state index in [0.29, 0.717) is 6.61 Å². The third-order valence-corrected chi connectivity index (χ3v) is 3.52. The van der Waals surface area contributed by atoms with Crippen molar-refractivity contribution in [2.45, 2.75) is 32.3 Å². The molecule has 2 rings (SSSR count). The van der Waals surface area contributed by atoms with Gasteiger partial charge in [-0.05, 0) is 42.5 Å². The van der Waals surface area contributed by atoms with Crippen molar-refractivity contribution in [1.29, 1.82) is 0 Å². The van der Waals surface area contributed by atoms with Crippen LogP contribution in [0.4, 0.5) is 5.69 Å². The molecule has 3 heteroatoms. The van der Waals surface area contributed by atoms with Gasteiger partial charge in [-0.25, -0.2) is 0 Å². The van der Waals surface area contributed by atoms with E-state index in [2.05, 4.69) is 0 Å². The van der Waals surface area contributed by atoms with Crippen molar-refractivity contribution in [1.82, 2.24) is 0 Å². The fourth-order valence-corrected chi connectivity index (χ4v) is 2.39. The maximum Gasteiger partial charge on any atom is 0.0732 e. The second-order valence-electron chi connectivity index (χ2n) is 4.52. The average molecular weight is 240 g/mol. The van der Waals surface area contributed by atoms with Crippen LogP contribution in [0, 0.1) is 5.92 Å². The van der Waals surface area contributed by atoms with Crippen LogP contribution in [0.3, 0.4) is 0 Å². The highest BCUT2D eigenvalue weighted by Gasteiger charge is 2.14. The third-order valence-electron chi connectivity index (χ3n) is 3.16. The molecule has 0 spiro atoms. The van der Waals surface area contributed by atoms with Crippen LogP contribution >= 0.6 is 11.6 Å². The molecule has 0 aliphatic heterocycles. The molecule has 1 saturated carbocycles. The Hall–Kier alpha value is -0.730. The van der Waals surface area contributed by atoms with Gasteiger partial charge in [-0.3, -0.25) is 0 Å². The van der Waals surface area contributed by atoms with Crippen LogP contribution in [-0.2, 0) is 11.3 Å². The van der Waals surface area contributed by atoms with Gasteiger partial charge in [-0.2, -0.15) is 0 Å². The van der Waals surface area contributed by atoms with Gasteiger partial charge < -0.3 is 10.5 Å². The van der Waals surface area contributed by atoms with Gasteiger partial charge in [0, 0.05) is 17.3 Å². The van der Waals surface area contributed by atoms with Crippen molar-refractivity contribution < 1.29 is 4.74 Å². The number of halogens is 1. The van der Waals surface area contributed by atoms with Crippen LogP contribution < -0.4 is 5.73 Å². The zero-order chi connectivity index (χ0) is 11.4. The molecule has 0 atom stereocenters. The van der Waals surface area contributed by atoms with Crippen molar-refractivity contribution in [2.24, 2.45) is 5.92 Å². The van der Waals surface area contributed by atoms with Crippen LogP contribution in [0.1, 0.15) is 31.2 Å². The molecule has 0 unspecified atom stereocenters. The highest BCUT2D eigenvalue weighted by Crippen LogP contribution is 2.26. The van der Waals surface area contributed by atoms with E-state index in [4.69, 9.17) is 22.1 Å². The first-order valence-electron chi connectivity index (χ1n) is 5.87. The number of anilines is 1. The lowest BCUT2D eigenvalue weighted by Gasteiger charge is -2.11. The summed E-state index contributed by atoms with van der Waals surface area (Å²) in [6.07, 6.45) is 5.33. The zero-order valence-corrected chi connectivity index (χ0v) is 10.2. The standard InChI is InChI=1S/C13H18ClNO/c14-13-6-5-12(15)7-11(13)9-16-8-10-3-1-2-4-10/h5-7,10H,1-4,8-9,15H2. The summed E-state index contributed by atoms with van der Waals surface area (Å²) in [6, 6.07) is 5.52. The van der Waals surface area contributed by atoms with Crippen molar-refractivity contribution in [3.05, 3.63) is 28.8 Å². The molecular formula is C13H18ClNO. The number of ether oxygens (including phenoxy) is 1. The van der Waals surface area contributed by atoms with Gasteiger partial charge >= 0.3 is 0 Å². The van der Waals surface area contributed by atoms with Gasteiger partial charge in [0.2, 0.25) is 0 Å². The summed E-state index contributed by atoms with van der Waals surface area (Å²) < 4.78 is 5.70. The molecule has 1 aromatic carbocycles. The first-order chi connectivity index (χ1) is 7.75. The van der Waals surface area contributed by atoms with Gasteiger partial charge in [-0.1, -0.05) is 24.4 Å². The lowest BCUT2D eigenvalue weighted by molar-refractivity contribution is 0.0889. The second kappa shape index (κ2) is 5.55. The van der Waals surface area contributed by atoms with Gasteiger partial charge in [0.15, 0.2) is 0 Å². The van der Waals surface area contributed by atoms with Gasteiger partial charge in [0.1, 0.15) is 0 Å². The molecule has 0 saturated heterocycles. The predicted octanol–water partition coefficient (Wildman–Crippen LogP) is 3.63. The van der Waals surface area contributed by atoms with Crippen LogP contribution in [0.2, 0.25) is 5.02 Å². The molecule has 0 amide bonds. The second-order valence-corrected chi connectivity index (χ2v) is 4.92. The molecule has 1 aliphatic rings. The van der Waals surface area contributed by atoms with Gasteiger partial charge in [0.25, 0.3) is 0 Å². The first-order valence-corrected chi connectivity index (χ1v) is 6.25. The van der Waals surface area contributed by atoms with Gasteiger partial charge in [0.05, 0.1) is 6.61 Å². The van der Waals surface area contributed by atoms with Crippen LogP contribution in [0.15, 0.2) is 18.2 Å². The molecule has 16 heavy (non-hydrogen) atoms. The maximum atomic E-state index is 6.06. The van der Waals surface area contributed by atoms with E-state index in [-0.39, 0.29) is 0 Å². The highest BCUT2D eigenvalue weighted by atomic mass is 35.5. The highest BCUT2D eigenvalue weighted by molar-refractivity contribution is 6.31.